The monoisotopic (exact) mass is 346 g/mol. The number of aryl methyl sites for hydroxylation is 1. The molecule has 1 aromatic heterocycles. The van der Waals surface area contributed by atoms with Gasteiger partial charge in [0.15, 0.2) is 5.82 Å². The molecule has 6 nitrogen and oxygen atoms in total. The van der Waals surface area contributed by atoms with Crippen LogP contribution >= 0.6 is 0 Å². The van der Waals surface area contributed by atoms with Gasteiger partial charge in [0, 0.05) is 31.4 Å². The Balaban J connectivity index is 1.64. The normalized spacial score (nSPS) is 19.8. The van der Waals surface area contributed by atoms with Crippen molar-refractivity contribution < 1.29 is 14.3 Å². The third-order valence-electron chi connectivity index (χ3n) is 4.63. The number of halogens is 1. The van der Waals surface area contributed by atoms with Crippen LogP contribution in [0.3, 0.4) is 0 Å². The maximum Gasteiger partial charge on any atom is 0.321 e. The lowest BCUT2D eigenvalue weighted by Crippen LogP contribution is -2.37. The number of rotatable bonds is 4. The molecule has 2 aromatic rings. The highest BCUT2D eigenvalue weighted by molar-refractivity contribution is 5.89. The molecule has 2 atom stereocenters. The maximum atomic E-state index is 14.3. The summed E-state index contributed by atoms with van der Waals surface area (Å²) < 4.78 is 15.8. The number of anilines is 1. The molecule has 0 bridgehead atoms. The zero-order valence-corrected chi connectivity index (χ0v) is 14.4. The lowest BCUT2D eigenvalue weighted by atomic mass is 10.1. The van der Waals surface area contributed by atoms with Gasteiger partial charge in [-0.15, -0.1) is 0 Å². The number of nitrogens with one attached hydrogen (secondary N) is 1. The second kappa shape index (κ2) is 7.23. The van der Waals surface area contributed by atoms with Crippen LogP contribution in [0.15, 0.2) is 30.6 Å². The summed E-state index contributed by atoms with van der Waals surface area (Å²) >= 11 is 0. The summed E-state index contributed by atoms with van der Waals surface area (Å²) in [6.07, 6.45) is 5.75. The van der Waals surface area contributed by atoms with Gasteiger partial charge in [-0.25, -0.2) is 13.9 Å². The second-order valence-corrected chi connectivity index (χ2v) is 6.70. The zero-order chi connectivity index (χ0) is 18.0. The number of benzene rings is 1. The Morgan fingerprint density at radius 1 is 1.48 bits per heavy atom. The molecule has 1 aromatic carbocycles. The van der Waals surface area contributed by atoms with E-state index in [1.54, 1.807) is 31.6 Å². The molecular weight excluding hydrogens is 323 g/mol. The average Bonchev–Trinajstić information content (AvgIpc) is 3.16. The van der Waals surface area contributed by atoms with Crippen LogP contribution in [0.1, 0.15) is 24.8 Å². The largest absolute Gasteiger partial charge is 0.393 e. The summed E-state index contributed by atoms with van der Waals surface area (Å²) in [5.74, 6) is -0.354. The first-order chi connectivity index (χ1) is 11.9. The topological polar surface area (TPSA) is 70.4 Å². The van der Waals surface area contributed by atoms with E-state index in [1.165, 1.54) is 15.6 Å². The van der Waals surface area contributed by atoms with E-state index >= 15 is 0 Å². The Morgan fingerprint density at radius 3 is 2.88 bits per heavy atom. The molecule has 1 aliphatic carbocycles. The molecule has 1 aliphatic rings. The Hall–Kier alpha value is -2.41. The van der Waals surface area contributed by atoms with Crippen molar-refractivity contribution in [2.24, 2.45) is 5.92 Å². The number of hydrogen-bond acceptors (Lipinski definition) is 3. The fraction of sp³-hybridized carbons (Fsp3) is 0.444. The second-order valence-electron chi connectivity index (χ2n) is 6.70. The quantitative estimate of drug-likeness (QED) is 0.894. The van der Waals surface area contributed by atoms with E-state index in [9.17, 15) is 14.3 Å². The Morgan fingerprint density at radius 2 is 2.28 bits per heavy atom. The predicted molar refractivity (Wildman–Crippen MR) is 93.3 cm³/mol. The van der Waals surface area contributed by atoms with Gasteiger partial charge in [0.25, 0.3) is 0 Å². The highest BCUT2D eigenvalue weighted by Gasteiger charge is 2.27. The molecule has 1 fully saturated rings. The van der Waals surface area contributed by atoms with Gasteiger partial charge < -0.3 is 15.3 Å². The van der Waals surface area contributed by atoms with E-state index in [1.807, 2.05) is 6.92 Å². The molecule has 2 amide bonds. The summed E-state index contributed by atoms with van der Waals surface area (Å²) in [5, 5.41) is 16.6. The number of nitrogens with zero attached hydrogens (tertiary/aromatic N) is 3. The van der Waals surface area contributed by atoms with Crippen molar-refractivity contribution in [3.8, 4) is 5.69 Å². The third kappa shape index (κ3) is 3.99. The van der Waals surface area contributed by atoms with E-state index < -0.39 is 5.82 Å². The molecule has 0 saturated heterocycles. The highest BCUT2D eigenvalue weighted by Crippen LogP contribution is 2.26. The molecule has 2 N–H and O–H groups in total. The summed E-state index contributed by atoms with van der Waals surface area (Å²) in [4.78, 5) is 13.8. The van der Waals surface area contributed by atoms with Gasteiger partial charge in [0.1, 0.15) is 5.69 Å². The van der Waals surface area contributed by atoms with Crippen molar-refractivity contribution in [2.45, 2.75) is 32.3 Å². The van der Waals surface area contributed by atoms with Crippen LogP contribution in [-0.2, 0) is 0 Å². The van der Waals surface area contributed by atoms with Crippen LogP contribution in [-0.4, -0.2) is 45.5 Å². The van der Waals surface area contributed by atoms with E-state index in [-0.39, 0.29) is 18.1 Å². The Bertz CT molecular complexity index is 761. The standard InChI is InChI=1S/C18H23FN4O2/c1-12-9-20-23(10-12)16-7-6-14(8-15(16)19)21-18(25)22(2)11-13-4-3-5-17(13)24/h6-10,13,17,24H,3-5,11H2,1-2H3,(H,21,25). The lowest BCUT2D eigenvalue weighted by Gasteiger charge is -2.23. The van der Waals surface area contributed by atoms with Crippen molar-refractivity contribution in [1.29, 1.82) is 0 Å². The number of carbonyl (C=O) groups excluding carboxylic acids is 1. The number of carbonyl (C=O) groups is 1. The number of amides is 2. The van der Waals surface area contributed by atoms with Crippen LogP contribution in [0.4, 0.5) is 14.9 Å². The smallest absolute Gasteiger partial charge is 0.321 e. The molecule has 2 unspecified atom stereocenters. The first-order valence-corrected chi connectivity index (χ1v) is 8.45. The van der Waals surface area contributed by atoms with E-state index in [2.05, 4.69) is 10.4 Å². The fourth-order valence-electron chi connectivity index (χ4n) is 3.20. The summed E-state index contributed by atoms with van der Waals surface area (Å²) in [7, 11) is 1.68. The maximum absolute atomic E-state index is 14.3. The number of aliphatic hydroxyl groups excluding tert-OH is 1. The lowest BCUT2D eigenvalue weighted by molar-refractivity contribution is 0.116. The van der Waals surface area contributed by atoms with Crippen molar-refractivity contribution in [2.75, 3.05) is 18.9 Å². The summed E-state index contributed by atoms with van der Waals surface area (Å²) in [5.41, 5.74) is 1.65. The van der Waals surface area contributed by atoms with Gasteiger partial charge in [0.05, 0.1) is 12.3 Å². The third-order valence-corrected chi connectivity index (χ3v) is 4.63. The van der Waals surface area contributed by atoms with Crippen LogP contribution in [0, 0.1) is 18.7 Å². The van der Waals surface area contributed by atoms with E-state index in [0.717, 1.165) is 24.8 Å². The van der Waals surface area contributed by atoms with Gasteiger partial charge in [-0.1, -0.05) is 6.42 Å². The highest BCUT2D eigenvalue weighted by atomic mass is 19.1. The molecule has 0 spiro atoms. The first-order valence-electron chi connectivity index (χ1n) is 8.45. The van der Waals surface area contributed by atoms with E-state index in [4.69, 9.17) is 0 Å². The molecule has 1 heterocycles. The van der Waals surface area contributed by atoms with Gasteiger partial charge in [-0.2, -0.15) is 5.10 Å². The Kier molecular flexibility index (Phi) is 5.03. The zero-order valence-electron chi connectivity index (χ0n) is 14.4. The SMILES string of the molecule is Cc1cnn(-c2ccc(NC(=O)N(C)CC3CCCC3O)cc2F)c1. The Labute approximate surface area is 146 Å². The molecule has 25 heavy (non-hydrogen) atoms. The molecule has 0 aliphatic heterocycles. The molecular formula is C18H23FN4O2. The summed E-state index contributed by atoms with van der Waals surface area (Å²) in [6.45, 7) is 2.37. The van der Waals surface area contributed by atoms with Crippen molar-refractivity contribution >= 4 is 11.7 Å². The minimum atomic E-state index is -0.463. The average molecular weight is 346 g/mol. The van der Waals surface area contributed by atoms with Crippen LogP contribution in [0.25, 0.3) is 5.69 Å². The molecule has 0 radical (unpaired) electrons. The van der Waals surface area contributed by atoms with Gasteiger partial charge >= 0.3 is 6.03 Å². The van der Waals surface area contributed by atoms with Gasteiger partial charge in [-0.05, 0) is 43.5 Å². The molecule has 3 rings (SSSR count). The molecule has 134 valence electrons. The predicted octanol–water partition coefficient (Wildman–Crippen LogP) is 2.94. The minimum absolute atomic E-state index is 0.109. The van der Waals surface area contributed by atoms with Crippen LogP contribution in [0.2, 0.25) is 0 Å². The number of aromatic nitrogens is 2. The van der Waals surface area contributed by atoms with Crippen LogP contribution < -0.4 is 5.32 Å². The number of hydrogen-bond donors (Lipinski definition) is 2. The molecule has 7 heteroatoms. The summed E-state index contributed by atoms with van der Waals surface area (Å²) in [6, 6.07) is 4.19. The van der Waals surface area contributed by atoms with Crippen molar-refractivity contribution in [1.82, 2.24) is 14.7 Å². The number of aliphatic hydroxyl groups is 1. The minimum Gasteiger partial charge on any atom is -0.393 e. The van der Waals surface area contributed by atoms with Gasteiger partial charge in [0.2, 0.25) is 0 Å². The van der Waals surface area contributed by atoms with Crippen LogP contribution in [0.5, 0.6) is 0 Å². The van der Waals surface area contributed by atoms with Gasteiger partial charge in [-0.3, -0.25) is 0 Å². The number of urea groups is 1. The van der Waals surface area contributed by atoms with Crippen molar-refractivity contribution in [3.05, 3.63) is 42.0 Å². The van der Waals surface area contributed by atoms with E-state index in [0.29, 0.717) is 17.9 Å². The first kappa shape index (κ1) is 17.4. The fourth-order valence-corrected chi connectivity index (χ4v) is 3.20. The molecule has 1 saturated carbocycles. The van der Waals surface area contributed by atoms with Crippen molar-refractivity contribution in [3.63, 3.8) is 0 Å².